The van der Waals surface area contributed by atoms with Crippen LogP contribution < -0.4 is 18.9 Å². The van der Waals surface area contributed by atoms with Crippen LogP contribution in [0, 0.1) is 0 Å². The van der Waals surface area contributed by atoms with Gasteiger partial charge in [0.15, 0.2) is 11.5 Å². The Bertz CT molecular complexity index is 619. The van der Waals surface area contributed by atoms with Crippen molar-refractivity contribution in [3.8, 4) is 11.5 Å². The number of benzene rings is 1. The number of amides is 1. The smallest absolute Gasteiger partial charge is 0.301 e. The molecule has 1 aliphatic heterocycles. The minimum absolute atomic E-state index is 0.0231. The van der Waals surface area contributed by atoms with E-state index in [2.05, 4.69) is 4.72 Å². The van der Waals surface area contributed by atoms with Crippen molar-refractivity contribution in [1.29, 1.82) is 0 Å². The van der Waals surface area contributed by atoms with Crippen molar-refractivity contribution in [2.45, 2.75) is 13.0 Å². The Balaban J connectivity index is 1.94. The Morgan fingerprint density at radius 3 is 2.90 bits per heavy atom. The summed E-state index contributed by atoms with van der Waals surface area (Å²) in [5, 5.41) is 0.525. The number of ether oxygens (including phenoxy) is 2. The summed E-state index contributed by atoms with van der Waals surface area (Å²) in [7, 11) is -3.87. The number of rotatable bonds is 4. The summed E-state index contributed by atoms with van der Waals surface area (Å²) >= 11 is 5.82. The molecule has 1 heterocycles. The molecule has 0 fully saturated rings. The molecule has 1 aromatic rings. The number of fused-ring (bicyclic) bond motifs is 1. The van der Waals surface area contributed by atoms with Crippen LogP contribution in [-0.4, -0.2) is 33.6 Å². The quantitative estimate of drug-likeness (QED) is 0.840. The second-order valence-corrected chi connectivity index (χ2v) is 6.09. The van der Waals surface area contributed by atoms with Crippen molar-refractivity contribution >= 4 is 27.7 Å². The van der Waals surface area contributed by atoms with E-state index in [1.807, 2.05) is 0 Å². The predicted octanol–water partition coefficient (Wildman–Crippen LogP) is 0.450. The van der Waals surface area contributed by atoms with Gasteiger partial charge in [0.1, 0.15) is 12.7 Å². The van der Waals surface area contributed by atoms with E-state index >= 15 is 0 Å². The van der Waals surface area contributed by atoms with Crippen LogP contribution in [0.15, 0.2) is 18.2 Å². The Kier molecular flexibility index (Phi) is 4.36. The summed E-state index contributed by atoms with van der Waals surface area (Å²) in [5.41, 5.74) is 0. The second kappa shape index (κ2) is 5.86. The van der Waals surface area contributed by atoms with E-state index in [-0.39, 0.29) is 13.2 Å². The highest BCUT2D eigenvalue weighted by atomic mass is 35.5. The Hall–Kier alpha value is -1.51. The average molecular weight is 321 g/mol. The Morgan fingerprint density at radius 2 is 2.20 bits per heavy atom. The Labute approximate surface area is 121 Å². The van der Waals surface area contributed by atoms with Crippen LogP contribution in [0.2, 0.25) is 5.02 Å². The van der Waals surface area contributed by atoms with Crippen LogP contribution in [0.5, 0.6) is 11.5 Å². The molecule has 9 heteroatoms. The highest BCUT2D eigenvalue weighted by Crippen LogP contribution is 2.33. The first-order valence-corrected chi connectivity index (χ1v) is 7.59. The van der Waals surface area contributed by atoms with E-state index in [4.69, 9.17) is 21.1 Å². The van der Waals surface area contributed by atoms with Crippen molar-refractivity contribution in [3.05, 3.63) is 23.2 Å². The van der Waals surface area contributed by atoms with E-state index < -0.39 is 22.2 Å². The molecule has 2 rings (SSSR count). The maximum absolute atomic E-state index is 11.4. The molecule has 2 N–H and O–H groups in total. The van der Waals surface area contributed by atoms with Gasteiger partial charge in [0.25, 0.3) is 0 Å². The largest absolute Gasteiger partial charge is 0.486 e. The first-order valence-electron chi connectivity index (χ1n) is 5.73. The molecule has 1 aliphatic rings. The molecule has 110 valence electrons. The maximum atomic E-state index is 11.4. The monoisotopic (exact) mass is 320 g/mol. The molecule has 0 unspecified atom stereocenters. The van der Waals surface area contributed by atoms with Crippen LogP contribution >= 0.6 is 11.6 Å². The summed E-state index contributed by atoms with van der Waals surface area (Å²) in [4.78, 5) is 10.7. The number of hydrogen-bond donors (Lipinski definition) is 2. The van der Waals surface area contributed by atoms with E-state index in [1.54, 1.807) is 22.9 Å². The van der Waals surface area contributed by atoms with Crippen LogP contribution in [0.3, 0.4) is 0 Å². The minimum atomic E-state index is -3.87. The van der Waals surface area contributed by atoms with Gasteiger partial charge < -0.3 is 9.47 Å². The topological polar surface area (TPSA) is 93.7 Å². The Morgan fingerprint density at radius 1 is 1.45 bits per heavy atom. The molecular formula is C11H13ClN2O5S. The zero-order valence-corrected chi connectivity index (χ0v) is 12.1. The lowest BCUT2D eigenvalue weighted by molar-refractivity contribution is -0.117. The molecule has 1 aromatic carbocycles. The van der Waals surface area contributed by atoms with Gasteiger partial charge in [-0.1, -0.05) is 11.6 Å². The third-order valence-electron chi connectivity index (χ3n) is 2.40. The third-order valence-corrected chi connectivity index (χ3v) is 3.74. The number of nitrogens with one attached hydrogen (secondary N) is 2. The number of hydrogen-bond acceptors (Lipinski definition) is 5. The predicted molar refractivity (Wildman–Crippen MR) is 72.1 cm³/mol. The highest BCUT2D eigenvalue weighted by molar-refractivity contribution is 7.88. The van der Waals surface area contributed by atoms with Gasteiger partial charge >= 0.3 is 10.2 Å². The molecular weight excluding hydrogens is 308 g/mol. The zero-order chi connectivity index (χ0) is 14.8. The maximum Gasteiger partial charge on any atom is 0.301 e. The lowest BCUT2D eigenvalue weighted by atomic mass is 10.2. The SMILES string of the molecule is CC(=O)NS(=O)(=O)NC[C@H]1COc2cc(Cl)ccc2O1. The van der Waals surface area contributed by atoms with E-state index in [0.29, 0.717) is 16.5 Å². The lowest BCUT2D eigenvalue weighted by Gasteiger charge is -2.26. The molecule has 1 atom stereocenters. The van der Waals surface area contributed by atoms with Crippen molar-refractivity contribution in [1.82, 2.24) is 9.44 Å². The van der Waals surface area contributed by atoms with Crippen LogP contribution in [0.25, 0.3) is 0 Å². The van der Waals surface area contributed by atoms with Gasteiger partial charge in [-0.2, -0.15) is 13.1 Å². The van der Waals surface area contributed by atoms with Gasteiger partial charge in [-0.05, 0) is 12.1 Å². The molecule has 7 nitrogen and oxygen atoms in total. The fourth-order valence-corrected chi connectivity index (χ4v) is 2.63. The van der Waals surface area contributed by atoms with E-state index in [0.717, 1.165) is 6.92 Å². The van der Waals surface area contributed by atoms with Gasteiger partial charge in [-0.25, -0.2) is 4.72 Å². The molecule has 0 bridgehead atoms. The van der Waals surface area contributed by atoms with Crippen LogP contribution in [0.4, 0.5) is 0 Å². The van der Waals surface area contributed by atoms with E-state index in [9.17, 15) is 13.2 Å². The van der Waals surface area contributed by atoms with Gasteiger partial charge in [0.05, 0.1) is 6.54 Å². The van der Waals surface area contributed by atoms with Crippen LogP contribution in [0.1, 0.15) is 6.92 Å². The average Bonchev–Trinajstić information content (AvgIpc) is 2.35. The summed E-state index contributed by atoms with van der Waals surface area (Å²) in [5.74, 6) is 0.334. The van der Waals surface area contributed by atoms with Gasteiger partial charge in [0, 0.05) is 18.0 Å². The molecule has 0 aliphatic carbocycles. The van der Waals surface area contributed by atoms with Crippen molar-refractivity contribution in [3.63, 3.8) is 0 Å². The lowest BCUT2D eigenvalue weighted by Crippen LogP contribution is -2.45. The normalized spacial score (nSPS) is 17.6. The first kappa shape index (κ1) is 14.9. The summed E-state index contributed by atoms with van der Waals surface area (Å²) in [6, 6.07) is 4.91. The van der Waals surface area contributed by atoms with Crippen molar-refractivity contribution in [2.75, 3.05) is 13.2 Å². The second-order valence-electron chi connectivity index (χ2n) is 4.15. The summed E-state index contributed by atoms with van der Waals surface area (Å²) in [6.07, 6.45) is -0.493. The van der Waals surface area contributed by atoms with Crippen LogP contribution in [-0.2, 0) is 15.0 Å². The minimum Gasteiger partial charge on any atom is -0.486 e. The van der Waals surface area contributed by atoms with E-state index in [1.165, 1.54) is 0 Å². The number of carbonyl (C=O) groups excluding carboxylic acids is 1. The fraction of sp³-hybridized carbons (Fsp3) is 0.364. The third kappa shape index (κ3) is 3.99. The van der Waals surface area contributed by atoms with Crippen molar-refractivity contribution in [2.24, 2.45) is 0 Å². The van der Waals surface area contributed by atoms with Gasteiger partial charge in [-0.3, -0.25) is 4.79 Å². The molecule has 0 saturated heterocycles. The standard InChI is InChI=1S/C11H13ClN2O5S/c1-7(15)14-20(16,17)13-5-9-6-18-11-4-8(12)2-3-10(11)19-9/h2-4,9,13H,5-6H2,1H3,(H,14,15)/t9-/m0/s1. The molecule has 0 spiro atoms. The zero-order valence-electron chi connectivity index (χ0n) is 10.6. The highest BCUT2D eigenvalue weighted by Gasteiger charge is 2.23. The molecule has 0 radical (unpaired) electrons. The van der Waals surface area contributed by atoms with Gasteiger partial charge in [0.2, 0.25) is 5.91 Å². The van der Waals surface area contributed by atoms with Gasteiger partial charge in [-0.15, -0.1) is 0 Å². The summed E-state index contributed by atoms with van der Waals surface area (Å²) < 4.78 is 37.8. The molecule has 0 saturated carbocycles. The molecule has 1 amide bonds. The van der Waals surface area contributed by atoms with Crippen molar-refractivity contribution < 1.29 is 22.7 Å². The number of halogens is 1. The fourth-order valence-electron chi connectivity index (χ4n) is 1.62. The molecule has 0 aromatic heterocycles. The first-order chi connectivity index (χ1) is 9.35. The summed E-state index contributed by atoms with van der Waals surface area (Å²) in [6.45, 7) is 1.26. The number of carbonyl (C=O) groups is 1. The molecule has 20 heavy (non-hydrogen) atoms.